The number of halogens is 2. The van der Waals surface area contributed by atoms with Crippen molar-refractivity contribution in [1.29, 1.82) is 0 Å². The highest BCUT2D eigenvalue weighted by atomic mass is 35.5. The Morgan fingerprint density at radius 3 is 2.43 bits per heavy atom. The van der Waals surface area contributed by atoms with Crippen LogP contribution in [0.15, 0.2) is 18.2 Å². The van der Waals surface area contributed by atoms with Crippen LogP contribution in [0.1, 0.15) is 32.6 Å². The minimum Gasteiger partial charge on any atom is -0.492 e. The van der Waals surface area contributed by atoms with Crippen molar-refractivity contribution < 1.29 is 14.3 Å². The molecule has 0 bridgehead atoms. The summed E-state index contributed by atoms with van der Waals surface area (Å²) in [6.45, 7) is 2.23. The molecule has 0 saturated carbocycles. The van der Waals surface area contributed by atoms with E-state index in [9.17, 15) is 9.59 Å². The molecule has 5 nitrogen and oxygen atoms in total. The van der Waals surface area contributed by atoms with Crippen molar-refractivity contribution in [2.45, 2.75) is 32.6 Å². The summed E-state index contributed by atoms with van der Waals surface area (Å²) >= 11 is 11.7. The van der Waals surface area contributed by atoms with E-state index in [1.54, 1.807) is 18.2 Å². The first kappa shape index (κ1) is 17.6. The third kappa shape index (κ3) is 7.20. The summed E-state index contributed by atoms with van der Waals surface area (Å²) in [5.41, 5.74) is 4.69. The summed E-state index contributed by atoms with van der Waals surface area (Å²) in [5.74, 6) is 0.0676. The van der Waals surface area contributed by atoms with Crippen molar-refractivity contribution in [2.75, 3.05) is 6.61 Å². The lowest BCUT2D eigenvalue weighted by atomic mass is 10.3. The molecule has 0 heterocycles. The zero-order chi connectivity index (χ0) is 15.7. The van der Waals surface area contributed by atoms with Gasteiger partial charge < -0.3 is 4.74 Å². The Balaban J connectivity index is 2.18. The normalized spacial score (nSPS) is 10.0. The maximum Gasteiger partial charge on any atom is 0.238 e. The predicted octanol–water partition coefficient (Wildman–Crippen LogP) is 3.10. The van der Waals surface area contributed by atoms with Crippen molar-refractivity contribution in [2.24, 2.45) is 0 Å². The molecule has 1 aromatic rings. The predicted molar refractivity (Wildman–Crippen MR) is 82.4 cm³/mol. The van der Waals surface area contributed by atoms with E-state index in [0.717, 1.165) is 6.42 Å². The Morgan fingerprint density at radius 1 is 1.14 bits per heavy atom. The van der Waals surface area contributed by atoms with Gasteiger partial charge in [0.2, 0.25) is 11.8 Å². The second-order valence-electron chi connectivity index (χ2n) is 4.37. The second-order valence-corrected chi connectivity index (χ2v) is 5.22. The Labute approximate surface area is 133 Å². The first-order valence-electron chi connectivity index (χ1n) is 6.68. The minimum absolute atomic E-state index is 0.199. The summed E-state index contributed by atoms with van der Waals surface area (Å²) in [4.78, 5) is 22.6. The lowest BCUT2D eigenvalue weighted by Gasteiger charge is -2.09. The van der Waals surface area contributed by atoms with Crippen LogP contribution in [0.2, 0.25) is 10.0 Å². The Kier molecular flexibility index (Phi) is 7.93. The number of benzene rings is 1. The molecule has 0 radical (unpaired) electrons. The lowest BCUT2D eigenvalue weighted by molar-refractivity contribution is -0.129. The molecule has 0 saturated heterocycles. The highest BCUT2D eigenvalue weighted by Gasteiger charge is 2.05. The number of hydrogen-bond acceptors (Lipinski definition) is 3. The Morgan fingerprint density at radius 2 is 1.81 bits per heavy atom. The molecule has 116 valence electrons. The maximum absolute atomic E-state index is 11.4. The summed E-state index contributed by atoms with van der Waals surface area (Å²) in [5, 5.41) is 0.966. The van der Waals surface area contributed by atoms with Gasteiger partial charge in [0.25, 0.3) is 0 Å². The molecule has 0 aliphatic rings. The van der Waals surface area contributed by atoms with E-state index in [0.29, 0.717) is 35.2 Å². The number of ether oxygens (including phenoxy) is 1. The zero-order valence-corrected chi connectivity index (χ0v) is 13.3. The fourth-order valence-electron chi connectivity index (χ4n) is 1.50. The summed E-state index contributed by atoms with van der Waals surface area (Å²) in [6, 6.07) is 4.95. The molecule has 0 fully saturated rings. The SMILES string of the molecule is CCCC(=O)NNC(=O)CCCOc1ccc(Cl)cc1Cl. The van der Waals surface area contributed by atoms with Gasteiger partial charge in [0.1, 0.15) is 5.75 Å². The molecule has 0 aromatic heterocycles. The van der Waals surface area contributed by atoms with Gasteiger partial charge >= 0.3 is 0 Å². The molecule has 0 aliphatic heterocycles. The van der Waals surface area contributed by atoms with Crippen LogP contribution >= 0.6 is 23.2 Å². The average molecular weight is 333 g/mol. The average Bonchev–Trinajstić information content (AvgIpc) is 2.43. The number of hydrogen-bond donors (Lipinski definition) is 2. The number of carbonyl (C=O) groups excluding carboxylic acids is 2. The Bertz CT molecular complexity index is 495. The van der Waals surface area contributed by atoms with Crippen molar-refractivity contribution >= 4 is 35.0 Å². The quantitative estimate of drug-likeness (QED) is 0.595. The van der Waals surface area contributed by atoms with Crippen LogP contribution in [0.25, 0.3) is 0 Å². The topological polar surface area (TPSA) is 67.4 Å². The van der Waals surface area contributed by atoms with Gasteiger partial charge in [-0.05, 0) is 31.0 Å². The monoisotopic (exact) mass is 332 g/mol. The number of rotatable bonds is 7. The van der Waals surface area contributed by atoms with Gasteiger partial charge in [-0.2, -0.15) is 0 Å². The van der Waals surface area contributed by atoms with Crippen molar-refractivity contribution in [1.82, 2.24) is 10.9 Å². The van der Waals surface area contributed by atoms with E-state index in [2.05, 4.69) is 10.9 Å². The van der Waals surface area contributed by atoms with Crippen LogP contribution in [0.4, 0.5) is 0 Å². The molecule has 0 atom stereocenters. The number of nitrogens with one attached hydrogen (secondary N) is 2. The molecule has 1 aromatic carbocycles. The standard InChI is InChI=1S/C14H18Cl2N2O3/c1-2-4-13(19)17-18-14(20)5-3-8-21-12-7-6-10(15)9-11(12)16/h6-7,9H,2-5,8H2,1H3,(H,17,19)(H,18,20). The molecule has 2 amide bonds. The van der Waals surface area contributed by atoms with Crippen LogP contribution < -0.4 is 15.6 Å². The van der Waals surface area contributed by atoms with Gasteiger partial charge in [-0.15, -0.1) is 0 Å². The van der Waals surface area contributed by atoms with E-state index in [-0.39, 0.29) is 18.2 Å². The van der Waals surface area contributed by atoms with Gasteiger partial charge in [0.15, 0.2) is 0 Å². The molecule has 1 rings (SSSR count). The zero-order valence-electron chi connectivity index (χ0n) is 11.7. The summed E-state index contributed by atoms with van der Waals surface area (Å²) < 4.78 is 5.45. The molecule has 21 heavy (non-hydrogen) atoms. The third-order valence-corrected chi connectivity index (χ3v) is 3.05. The van der Waals surface area contributed by atoms with Gasteiger partial charge in [-0.3, -0.25) is 20.4 Å². The van der Waals surface area contributed by atoms with Gasteiger partial charge in [0.05, 0.1) is 11.6 Å². The molecule has 0 spiro atoms. The minimum atomic E-state index is -0.259. The fourth-order valence-corrected chi connectivity index (χ4v) is 1.96. The van der Waals surface area contributed by atoms with Gasteiger partial charge in [-0.25, -0.2) is 0 Å². The number of carbonyl (C=O) groups is 2. The molecule has 7 heteroatoms. The highest BCUT2D eigenvalue weighted by molar-refractivity contribution is 6.35. The first-order valence-corrected chi connectivity index (χ1v) is 7.44. The smallest absolute Gasteiger partial charge is 0.238 e. The van der Waals surface area contributed by atoms with E-state index in [1.807, 2.05) is 6.92 Å². The highest BCUT2D eigenvalue weighted by Crippen LogP contribution is 2.27. The molecular weight excluding hydrogens is 315 g/mol. The van der Waals surface area contributed by atoms with E-state index < -0.39 is 0 Å². The summed E-state index contributed by atoms with van der Waals surface area (Å²) in [6.07, 6.45) is 1.88. The second kappa shape index (κ2) is 9.47. The van der Waals surface area contributed by atoms with Crippen LogP contribution in [0, 0.1) is 0 Å². The van der Waals surface area contributed by atoms with E-state index in [4.69, 9.17) is 27.9 Å². The maximum atomic E-state index is 11.4. The van der Waals surface area contributed by atoms with Crippen molar-refractivity contribution in [3.05, 3.63) is 28.2 Å². The van der Waals surface area contributed by atoms with Gasteiger partial charge in [-0.1, -0.05) is 30.1 Å². The van der Waals surface area contributed by atoms with Crippen molar-refractivity contribution in [3.63, 3.8) is 0 Å². The van der Waals surface area contributed by atoms with Crippen LogP contribution in [-0.4, -0.2) is 18.4 Å². The lowest BCUT2D eigenvalue weighted by Crippen LogP contribution is -2.41. The molecule has 2 N–H and O–H groups in total. The Hall–Kier alpha value is -1.46. The van der Waals surface area contributed by atoms with Crippen LogP contribution in [-0.2, 0) is 9.59 Å². The van der Waals surface area contributed by atoms with E-state index in [1.165, 1.54) is 0 Å². The molecular formula is C14H18Cl2N2O3. The number of hydrazine groups is 1. The molecule has 0 unspecified atom stereocenters. The fraction of sp³-hybridized carbons (Fsp3) is 0.429. The first-order chi connectivity index (χ1) is 10.0. The van der Waals surface area contributed by atoms with E-state index >= 15 is 0 Å². The number of amides is 2. The van der Waals surface area contributed by atoms with Crippen LogP contribution in [0.3, 0.4) is 0 Å². The summed E-state index contributed by atoms with van der Waals surface area (Å²) in [7, 11) is 0. The van der Waals surface area contributed by atoms with Crippen molar-refractivity contribution in [3.8, 4) is 5.75 Å². The molecule has 0 aliphatic carbocycles. The third-order valence-electron chi connectivity index (χ3n) is 2.52. The van der Waals surface area contributed by atoms with Gasteiger partial charge in [0, 0.05) is 17.9 Å². The largest absolute Gasteiger partial charge is 0.492 e. The van der Waals surface area contributed by atoms with Crippen LogP contribution in [0.5, 0.6) is 5.75 Å².